The fourth-order valence-electron chi connectivity index (χ4n) is 7.24. The number of aliphatic hydroxyl groups excluding tert-OH is 1. The van der Waals surface area contributed by atoms with Crippen LogP contribution in [0.1, 0.15) is 42.6 Å². The largest absolute Gasteiger partial charge is 0.482 e. The summed E-state index contributed by atoms with van der Waals surface area (Å²) in [5.41, 5.74) is 1.43. The monoisotopic (exact) mass is 640 g/mol. The van der Waals surface area contributed by atoms with Crippen molar-refractivity contribution in [3.05, 3.63) is 64.5 Å². The first-order valence-corrected chi connectivity index (χ1v) is 14.6. The van der Waals surface area contributed by atoms with E-state index >= 15 is 0 Å². The molecule has 3 aromatic heterocycles. The molecule has 1 amide bonds. The molecule has 14 heteroatoms. The smallest absolute Gasteiger partial charge is 0.389 e. The van der Waals surface area contributed by atoms with Gasteiger partial charge in [-0.3, -0.25) is 14.7 Å². The maximum atomic E-state index is 14.5. The fourth-order valence-corrected chi connectivity index (χ4v) is 7.38. The van der Waals surface area contributed by atoms with Crippen LogP contribution in [0.3, 0.4) is 0 Å². The summed E-state index contributed by atoms with van der Waals surface area (Å²) in [5, 5.41) is 25.0. The molecule has 0 atom stereocenters. The molecule has 2 bridgehead atoms. The molecule has 4 heterocycles. The number of anilines is 1. The van der Waals surface area contributed by atoms with Crippen molar-refractivity contribution in [1.29, 1.82) is 5.26 Å². The summed E-state index contributed by atoms with van der Waals surface area (Å²) in [6, 6.07) is 7.99. The maximum Gasteiger partial charge on any atom is 0.389 e. The summed E-state index contributed by atoms with van der Waals surface area (Å²) in [5.74, 6) is -0.836. The summed E-state index contributed by atoms with van der Waals surface area (Å²) in [6.07, 6.45) is -0.744. The molecule has 8 rings (SSSR count). The zero-order valence-electron chi connectivity index (χ0n) is 23.7. The molecule has 232 valence electrons. The van der Waals surface area contributed by atoms with E-state index < -0.39 is 30.7 Å². The second kappa shape index (κ2) is 10.4. The summed E-state index contributed by atoms with van der Waals surface area (Å²) in [6.45, 7) is 0.0938. The number of hydrogen-bond donors (Lipinski definition) is 1. The van der Waals surface area contributed by atoms with E-state index in [2.05, 4.69) is 21.1 Å². The number of benzene rings is 1. The second-order valence-electron chi connectivity index (χ2n) is 12.3. The van der Waals surface area contributed by atoms with E-state index in [9.17, 15) is 32.7 Å². The Morgan fingerprint density at radius 2 is 1.91 bits per heavy atom. The fraction of sp³-hybridized carbons (Fsp3) is 0.387. The van der Waals surface area contributed by atoms with Gasteiger partial charge in [-0.2, -0.15) is 23.5 Å². The van der Waals surface area contributed by atoms with Crippen molar-refractivity contribution in [2.24, 2.45) is 10.8 Å². The Labute approximate surface area is 259 Å². The quantitative estimate of drug-likeness (QED) is 0.244. The van der Waals surface area contributed by atoms with Crippen molar-refractivity contribution in [3.63, 3.8) is 0 Å². The van der Waals surface area contributed by atoms with E-state index in [0.29, 0.717) is 34.4 Å². The highest BCUT2D eigenvalue weighted by Crippen LogP contribution is 2.73. The average Bonchev–Trinajstić information content (AvgIpc) is 3.36. The van der Waals surface area contributed by atoms with Crippen LogP contribution in [0.2, 0.25) is 5.02 Å². The van der Waals surface area contributed by atoms with Crippen LogP contribution in [0.4, 0.5) is 23.2 Å². The van der Waals surface area contributed by atoms with Gasteiger partial charge in [0.15, 0.2) is 12.3 Å². The van der Waals surface area contributed by atoms with Crippen molar-refractivity contribution in [1.82, 2.24) is 19.7 Å². The third-order valence-corrected chi connectivity index (χ3v) is 9.28. The molecule has 1 aromatic carbocycles. The number of halogens is 5. The number of amides is 1. The van der Waals surface area contributed by atoms with Gasteiger partial charge >= 0.3 is 6.18 Å². The zero-order valence-corrected chi connectivity index (χ0v) is 24.4. The topological polar surface area (TPSA) is 117 Å². The third-order valence-electron chi connectivity index (χ3n) is 9.07. The van der Waals surface area contributed by atoms with Gasteiger partial charge in [-0.1, -0.05) is 17.7 Å². The number of pyridine rings is 2. The third kappa shape index (κ3) is 5.06. The van der Waals surface area contributed by atoms with Crippen LogP contribution in [0.15, 0.2) is 36.7 Å². The number of hydrogen-bond acceptors (Lipinski definition) is 7. The molecular weight excluding hydrogens is 616 g/mol. The normalized spacial score (nSPS) is 22.0. The number of aryl methyl sites for hydroxylation is 1. The van der Waals surface area contributed by atoms with Gasteiger partial charge in [0, 0.05) is 36.7 Å². The van der Waals surface area contributed by atoms with Crippen LogP contribution in [0, 0.1) is 28.0 Å². The number of fused-ring (bicyclic) bond motifs is 2. The minimum absolute atomic E-state index is 0.00243. The molecule has 0 saturated heterocycles. The van der Waals surface area contributed by atoms with Crippen LogP contribution in [-0.4, -0.2) is 50.2 Å². The van der Waals surface area contributed by atoms with E-state index in [0.717, 1.165) is 25.3 Å². The molecule has 1 N–H and O–H groups in total. The molecule has 3 saturated carbocycles. The highest BCUT2D eigenvalue weighted by molar-refractivity contribution is 6.30. The van der Waals surface area contributed by atoms with Gasteiger partial charge in [0.2, 0.25) is 0 Å². The lowest BCUT2D eigenvalue weighted by Gasteiger charge is -2.70. The first-order chi connectivity index (χ1) is 21.4. The number of aromatic nitrogens is 4. The summed E-state index contributed by atoms with van der Waals surface area (Å²) >= 11 is 5.82. The predicted octanol–water partition coefficient (Wildman–Crippen LogP) is 5.74. The van der Waals surface area contributed by atoms with Gasteiger partial charge < -0.3 is 9.84 Å². The number of nitriles is 1. The van der Waals surface area contributed by atoms with E-state index in [1.165, 1.54) is 11.1 Å². The Morgan fingerprint density at radius 1 is 1.13 bits per heavy atom. The Balaban J connectivity index is 1.30. The second-order valence-corrected chi connectivity index (χ2v) is 12.7. The molecule has 0 spiro atoms. The Morgan fingerprint density at radius 3 is 2.60 bits per heavy atom. The molecular formula is C31H25ClF4N6O3. The van der Waals surface area contributed by atoms with Gasteiger partial charge in [-0.25, -0.2) is 14.1 Å². The van der Waals surface area contributed by atoms with Crippen molar-refractivity contribution < 1.29 is 32.2 Å². The molecule has 45 heavy (non-hydrogen) atoms. The van der Waals surface area contributed by atoms with Crippen molar-refractivity contribution >= 4 is 34.2 Å². The van der Waals surface area contributed by atoms with Crippen LogP contribution < -0.4 is 9.64 Å². The molecule has 0 radical (unpaired) electrons. The number of rotatable bonds is 8. The zero-order chi connectivity index (χ0) is 31.7. The molecule has 3 aliphatic carbocycles. The Hall–Kier alpha value is -4.28. The Bertz CT molecular complexity index is 1900. The van der Waals surface area contributed by atoms with Crippen molar-refractivity contribution in [2.75, 3.05) is 18.1 Å². The SMILES string of the molecule is N#Cc1c(CCC(F)(F)F)nc2c(cnn2CC23CC(CO)(C2)C3)c1-c1ccc2c(c1)OCC(=O)N2Cc1ncc(Cl)cc1F. The lowest BCUT2D eigenvalue weighted by atomic mass is 9.35. The lowest BCUT2D eigenvalue weighted by molar-refractivity contribution is -0.230. The number of carbonyl (C=O) groups excluding carboxylic acids is 1. The number of carbonyl (C=O) groups is 1. The minimum atomic E-state index is -4.46. The highest BCUT2D eigenvalue weighted by atomic mass is 35.5. The van der Waals surface area contributed by atoms with E-state index in [-0.39, 0.29) is 58.3 Å². The van der Waals surface area contributed by atoms with Gasteiger partial charge in [0.25, 0.3) is 5.91 Å². The van der Waals surface area contributed by atoms with Crippen LogP contribution in [-0.2, 0) is 24.3 Å². The first kappa shape index (κ1) is 29.4. The van der Waals surface area contributed by atoms with Gasteiger partial charge in [-0.15, -0.1) is 0 Å². The van der Waals surface area contributed by atoms with Gasteiger partial charge in [-0.05, 0) is 60.3 Å². The number of nitrogens with zero attached hydrogens (tertiary/aromatic N) is 6. The van der Waals surface area contributed by atoms with Crippen LogP contribution in [0.5, 0.6) is 5.75 Å². The van der Waals surface area contributed by atoms with Crippen molar-refractivity contribution in [2.45, 2.75) is 51.4 Å². The Kier molecular flexibility index (Phi) is 6.79. The highest BCUT2D eigenvalue weighted by Gasteiger charge is 2.67. The van der Waals surface area contributed by atoms with Crippen molar-refractivity contribution in [3.8, 4) is 22.9 Å². The number of aliphatic hydroxyl groups is 1. The molecule has 3 fully saturated rings. The van der Waals surface area contributed by atoms with E-state index in [1.54, 1.807) is 29.1 Å². The standard InChI is InChI=1S/C31H25ClF4N6O3/c32-18-6-21(33)23(38-8-18)10-41-24-2-1-17(5-25(24)45-11-26(41)44)27-19(7-37)22(3-4-31(34,35)36)40-28-20(27)9-39-42(28)15-29-12-30(13-29,14-29)16-43/h1-2,5-6,8-9,43H,3-4,10-16H2. The molecule has 0 unspecified atom stereocenters. The first-order valence-electron chi connectivity index (χ1n) is 14.3. The summed E-state index contributed by atoms with van der Waals surface area (Å²) < 4.78 is 61.9. The van der Waals surface area contributed by atoms with E-state index in [1.807, 2.05) is 0 Å². The average molecular weight is 641 g/mol. The predicted molar refractivity (Wildman–Crippen MR) is 154 cm³/mol. The maximum absolute atomic E-state index is 14.5. The molecule has 4 aliphatic rings. The minimum Gasteiger partial charge on any atom is -0.482 e. The van der Waals surface area contributed by atoms with Gasteiger partial charge in [0.1, 0.15) is 17.6 Å². The molecule has 1 aliphatic heterocycles. The summed E-state index contributed by atoms with van der Waals surface area (Å²) in [7, 11) is 0. The lowest BCUT2D eigenvalue weighted by Crippen LogP contribution is -2.64. The van der Waals surface area contributed by atoms with Crippen LogP contribution >= 0.6 is 11.6 Å². The van der Waals surface area contributed by atoms with Crippen LogP contribution in [0.25, 0.3) is 22.2 Å². The molecule has 4 aromatic rings. The number of alkyl halides is 3. The molecule has 9 nitrogen and oxygen atoms in total. The number of ether oxygens (including phenoxy) is 1. The van der Waals surface area contributed by atoms with Gasteiger partial charge in [0.05, 0.1) is 40.4 Å². The summed E-state index contributed by atoms with van der Waals surface area (Å²) in [4.78, 5) is 22.7. The van der Waals surface area contributed by atoms with E-state index in [4.69, 9.17) is 16.3 Å².